The molecule has 32 heavy (non-hydrogen) atoms. The summed E-state index contributed by atoms with van der Waals surface area (Å²) in [5, 5.41) is 11.8. The molecule has 0 amide bonds. The summed E-state index contributed by atoms with van der Waals surface area (Å²) in [5.41, 5.74) is 1.43. The van der Waals surface area contributed by atoms with Gasteiger partial charge in [-0.05, 0) is 48.5 Å². The van der Waals surface area contributed by atoms with Crippen molar-refractivity contribution >= 4 is 38.9 Å². The van der Waals surface area contributed by atoms with Crippen LogP contribution in [-0.2, 0) is 10.0 Å². The first-order chi connectivity index (χ1) is 15.2. The number of anilines is 2. The first-order valence-electron chi connectivity index (χ1n) is 9.37. The van der Waals surface area contributed by atoms with Gasteiger partial charge in [0.2, 0.25) is 5.78 Å². The second-order valence-corrected chi connectivity index (χ2v) is 8.62. The SMILES string of the molecule is O=C(O)c1ccc(NS(=O)(=O)c2ccc(NC3=CC(=O)c4ccccc4C3=O)cc2)cc1. The fourth-order valence-electron chi connectivity index (χ4n) is 3.18. The van der Waals surface area contributed by atoms with E-state index < -0.39 is 16.0 Å². The van der Waals surface area contributed by atoms with Gasteiger partial charge in [-0.25, -0.2) is 13.2 Å². The zero-order chi connectivity index (χ0) is 22.9. The topological polar surface area (TPSA) is 130 Å². The number of ketones is 2. The highest BCUT2D eigenvalue weighted by molar-refractivity contribution is 7.92. The Hall–Kier alpha value is -4.24. The Morgan fingerprint density at radius 2 is 1.38 bits per heavy atom. The molecule has 3 aromatic rings. The van der Waals surface area contributed by atoms with Crippen molar-refractivity contribution in [1.82, 2.24) is 0 Å². The Bertz CT molecular complexity index is 1370. The van der Waals surface area contributed by atoms with E-state index in [1.54, 1.807) is 24.3 Å². The van der Waals surface area contributed by atoms with Gasteiger partial charge in [0.25, 0.3) is 10.0 Å². The number of aromatic carboxylic acids is 1. The van der Waals surface area contributed by atoms with E-state index in [-0.39, 0.29) is 33.4 Å². The fraction of sp³-hybridized carbons (Fsp3) is 0. The lowest BCUT2D eigenvalue weighted by molar-refractivity contribution is 0.0696. The first kappa shape index (κ1) is 21.0. The standard InChI is InChI=1S/C23H16N2O6S/c26-21-13-20(22(27)19-4-2-1-3-18(19)21)24-15-9-11-17(12-10-15)32(30,31)25-16-7-5-14(6-8-16)23(28)29/h1-13,24-25H,(H,28,29). The Labute approximate surface area is 183 Å². The lowest BCUT2D eigenvalue weighted by atomic mass is 9.92. The maximum atomic E-state index is 12.6. The number of carbonyl (C=O) groups is 3. The van der Waals surface area contributed by atoms with Crippen LogP contribution >= 0.6 is 0 Å². The molecule has 0 unspecified atom stereocenters. The van der Waals surface area contributed by atoms with Gasteiger partial charge in [-0.15, -0.1) is 0 Å². The molecule has 9 heteroatoms. The number of hydrogen-bond acceptors (Lipinski definition) is 6. The quantitative estimate of drug-likeness (QED) is 0.526. The first-order valence-corrected chi connectivity index (χ1v) is 10.9. The number of nitrogens with one attached hydrogen (secondary N) is 2. The van der Waals surface area contributed by atoms with E-state index in [4.69, 9.17) is 5.11 Å². The van der Waals surface area contributed by atoms with Crippen LogP contribution in [-0.4, -0.2) is 31.1 Å². The number of rotatable bonds is 6. The van der Waals surface area contributed by atoms with Gasteiger partial charge in [0.15, 0.2) is 5.78 Å². The van der Waals surface area contributed by atoms with Crippen molar-refractivity contribution in [2.24, 2.45) is 0 Å². The van der Waals surface area contributed by atoms with Crippen LogP contribution in [0.25, 0.3) is 0 Å². The zero-order valence-corrected chi connectivity index (χ0v) is 17.2. The minimum absolute atomic E-state index is 0.0317. The van der Waals surface area contributed by atoms with Gasteiger partial charge in [-0.3, -0.25) is 14.3 Å². The van der Waals surface area contributed by atoms with Crippen LogP contribution in [0.15, 0.2) is 89.5 Å². The smallest absolute Gasteiger partial charge is 0.335 e. The fourth-order valence-corrected chi connectivity index (χ4v) is 4.23. The monoisotopic (exact) mass is 448 g/mol. The molecule has 3 aromatic carbocycles. The molecule has 0 saturated heterocycles. The Morgan fingerprint density at radius 1 is 0.781 bits per heavy atom. The number of fused-ring (bicyclic) bond motifs is 1. The number of allylic oxidation sites excluding steroid dienone is 2. The van der Waals surface area contributed by atoms with Crippen molar-refractivity contribution in [3.8, 4) is 0 Å². The molecular weight excluding hydrogens is 432 g/mol. The van der Waals surface area contributed by atoms with Crippen molar-refractivity contribution < 1.29 is 27.9 Å². The third-order valence-corrected chi connectivity index (χ3v) is 6.18. The Balaban J connectivity index is 1.50. The van der Waals surface area contributed by atoms with E-state index in [1.165, 1.54) is 54.6 Å². The van der Waals surface area contributed by atoms with Crippen LogP contribution in [0.5, 0.6) is 0 Å². The van der Waals surface area contributed by atoms with Crippen molar-refractivity contribution in [2.75, 3.05) is 10.0 Å². The minimum Gasteiger partial charge on any atom is -0.478 e. The van der Waals surface area contributed by atoms with Crippen molar-refractivity contribution in [3.05, 3.63) is 101 Å². The largest absolute Gasteiger partial charge is 0.478 e. The lowest BCUT2D eigenvalue weighted by Crippen LogP contribution is -2.21. The molecule has 0 saturated carbocycles. The van der Waals surface area contributed by atoms with Gasteiger partial charge < -0.3 is 10.4 Å². The zero-order valence-electron chi connectivity index (χ0n) is 16.4. The molecule has 0 aromatic heterocycles. The van der Waals surface area contributed by atoms with Gasteiger partial charge in [0.05, 0.1) is 16.2 Å². The molecule has 0 bridgehead atoms. The molecule has 8 nitrogen and oxygen atoms in total. The van der Waals surface area contributed by atoms with Crippen LogP contribution in [0.1, 0.15) is 31.1 Å². The van der Waals surface area contributed by atoms with Crippen molar-refractivity contribution in [2.45, 2.75) is 4.90 Å². The second kappa shape index (κ2) is 8.12. The summed E-state index contributed by atoms with van der Waals surface area (Å²) in [6.45, 7) is 0. The number of carbonyl (C=O) groups excluding carboxylic acids is 2. The van der Waals surface area contributed by atoms with Crippen molar-refractivity contribution in [3.63, 3.8) is 0 Å². The average molecular weight is 448 g/mol. The summed E-state index contributed by atoms with van der Waals surface area (Å²) in [6.07, 6.45) is 1.22. The molecule has 160 valence electrons. The van der Waals surface area contributed by atoms with Crippen LogP contribution in [0.2, 0.25) is 0 Å². The van der Waals surface area contributed by atoms with E-state index >= 15 is 0 Å². The highest BCUT2D eigenvalue weighted by atomic mass is 32.2. The van der Waals surface area contributed by atoms with Crippen LogP contribution in [0.4, 0.5) is 11.4 Å². The lowest BCUT2D eigenvalue weighted by Gasteiger charge is -2.16. The summed E-state index contributed by atoms with van der Waals surface area (Å²) >= 11 is 0. The Morgan fingerprint density at radius 3 is 2.00 bits per heavy atom. The van der Waals surface area contributed by atoms with Crippen molar-refractivity contribution in [1.29, 1.82) is 0 Å². The third-order valence-electron chi connectivity index (χ3n) is 4.78. The number of hydrogen-bond donors (Lipinski definition) is 3. The molecule has 1 aliphatic rings. The average Bonchev–Trinajstić information content (AvgIpc) is 2.78. The molecule has 0 aliphatic heterocycles. The Kier molecular flexibility index (Phi) is 5.33. The molecule has 0 atom stereocenters. The number of carboxylic acid groups (broad SMARTS) is 1. The van der Waals surface area contributed by atoms with Crippen LogP contribution in [0, 0.1) is 0 Å². The molecule has 0 fully saturated rings. The summed E-state index contributed by atoms with van der Waals surface area (Å²) in [7, 11) is -3.92. The van der Waals surface area contributed by atoms with E-state index in [1.807, 2.05) is 0 Å². The summed E-state index contributed by atoms with van der Waals surface area (Å²) in [6, 6.07) is 17.5. The number of sulfonamides is 1. The summed E-state index contributed by atoms with van der Waals surface area (Å²) in [5.74, 6) is -1.73. The molecule has 1 aliphatic carbocycles. The third kappa shape index (κ3) is 4.14. The van der Waals surface area contributed by atoms with Crippen LogP contribution < -0.4 is 10.0 Å². The van der Waals surface area contributed by atoms with E-state index in [0.29, 0.717) is 16.8 Å². The predicted octanol–water partition coefficient (Wildman–Crippen LogP) is 3.56. The maximum absolute atomic E-state index is 12.6. The number of Topliss-reactive ketones (excluding diaryl/α,β-unsaturated/α-hetero) is 1. The summed E-state index contributed by atoms with van der Waals surface area (Å²) < 4.78 is 27.6. The van der Waals surface area contributed by atoms with E-state index in [9.17, 15) is 22.8 Å². The maximum Gasteiger partial charge on any atom is 0.335 e. The van der Waals surface area contributed by atoms with E-state index in [2.05, 4.69) is 10.0 Å². The molecule has 0 radical (unpaired) electrons. The van der Waals surface area contributed by atoms with Gasteiger partial charge >= 0.3 is 5.97 Å². The second-order valence-electron chi connectivity index (χ2n) is 6.93. The number of benzene rings is 3. The van der Waals surface area contributed by atoms with Gasteiger partial charge in [0, 0.05) is 28.6 Å². The highest BCUT2D eigenvalue weighted by Gasteiger charge is 2.25. The molecular formula is C23H16N2O6S. The van der Waals surface area contributed by atoms with Gasteiger partial charge in [-0.1, -0.05) is 24.3 Å². The van der Waals surface area contributed by atoms with E-state index in [0.717, 1.165) is 0 Å². The van der Waals surface area contributed by atoms with Gasteiger partial charge in [-0.2, -0.15) is 0 Å². The highest BCUT2D eigenvalue weighted by Crippen LogP contribution is 2.24. The predicted molar refractivity (Wildman–Crippen MR) is 117 cm³/mol. The normalized spacial score (nSPS) is 13.2. The molecule has 0 heterocycles. The van der Waals surface area contributed by atoms with Gasteiger partial charge in [0.1, 0.15) is 0 Å². The van der Waals surface area contributed by atoms with Crippen LogP contribution in [0.3, 0.4) is 0 Å². The number of carboxylic acids is 1. The molecule has 0 spiro atoms. The minimum atomic E-state index is -3.92. The molecule has 3 N–H and O–H groups in total. The molecule has 4 rings (SSSR count). The summed E-state index contributed by atoms with van der Waals surface area (Å²) in [4.78, 5) is 35.8.